The monoisotopic (exact) mass is 270 g/mol. The van der Waals surface area contributed by atoms with E-state index < -0.39 is 10.2 Å². The Labute approximate surface area is 105 Å². The van der Waals surface area contributed by atoms with E-state index in [4.69, 9.17) is 11.6 Å². The number of hydrogen-bond donors (Lipinski definition) is 1. The quantitative estimate of drug-likeness (QED) is 0.540. The molecule has 1 atom stereocenters. The van der Waals surface area contributed by atoms with Crippen LogP contribution >= 0.6 is 11.6 Å². The lowest BCUT2D eigenvalue weighted by Gasteiger charge is -2.21. The summed E-state index contributed by atoms with van der Waals surface area (Å²) >= 11 is 5.67. The summed E-state index contributed by atoms with van der Waals surface area (Å²) in [5.74, 6) is 1.06. The number of alkyl halides is 1. The Morgan fingerprint density at radius 2 is 1.88 bits per heavy atom. The lowest BCUT2D eigenvalue weighted by molar-refractivity contribution is 0.401. The maximum atomic E-state index is 11.7. The standard InChI is InChI=1S/C10H23ClN2O2S/c1-9(2)13(4)16(14,15)12-7-5-6-10(3)8-11/h9-10,12H,5-8H2,1-4H3. The summed E-state index contributed by atoms with van der Waals surface area (Å²) in [5, 5.41) is 0. The Morgan fingerprint density at radius 3 is 2.31 bits per heavy atom. The average molecular weight is 271 g/mol. The highest BCUT2D eigenvalue weighted by atomic mass is 35.5. The number of halogens is 1. The van der Waals surface area contributed by atoms with Gasteiger partial charge in [-0.3, -0.25) is 0 Å². The predicted molar refractivity (Wildman–Crippen MR) is 68.9 cm³/mol. The normalized spacial score (nSPS) is 14.7. The summed E-state index contributed by atoms with van der Waals surface area (Å²) in [6.45, 7) is 6.21. The highest BCUT2D eigenvalue weighted by Gasteiger charge is 2.19. The van der Waals surface area contributed by atoms with Crippen molar-refractivity contribution in [3.8, 4) is 0 Å². The van der Waals surface area contributed by atoms with E-state index in [-0.39, 0.29) is 6.04 Å². The molecule has 4 nitrogen and oxygen atoms in total. The third kappa shape index (κ3) is 6.03. The lowest BCUT2D eigenvalue weighted by atomic mass is 10.1. The fraction of sp³-hybridized carbons (Fsp3) is 1.00. The largest absolute Gasteiger partial charge is 0.279 e. The molecule has 0 saturated heterocycles. The SMILES string of the molecule is CC(CCl)CCCNS(=O)(=O)N(C)C(C)C. The number of hydrogen-bond acceptors (Lipinski definition) is 2. The van der Waals surface area contributed by atoms with Crippen molar-refractivity contribution in [2.24, 2.45) is 5.92 Å². The molecule has 0 aliphatic rings. The molecule has 16 heavy (non-hydrogen) atoms. The molecular formula is C10H23ClN2O2S. The average Bonchev–Trinajstić information content (AvgIpc) is 2.22. The molecule has 1 unspecified atom stereocenters. The first-order valence-corrected chi connectivity index (χ1v) is 7.57. The Balaban J connectivity index is 3.93. The maximum Gasteiger partial charge on any atom is 0.279 e. The molecule has 0 bridgehead atoms. The van der Waals surface area contributed by atoms with Crippen LogP contribution in [0.25, 0.3) is 0 Å². The summed E-state index contributed by atoms with van der Waals surface area (Å²) in [6.07, 6.45) is 1.76. The van der Waals surface area contributed by atoms with Crippen LogP contribution in [0.3, 0.4) is 0 Å². The molecule has 0 aromatic heterocycles. The van der Waals surface area contributed by atoms with Gasteiger partial charge in [0.25, 0.3) is 10.2 Å². The third-order valence-electron chi connectivity index (χ3n) is 2.53. The summed E-state index contributed by atoms with van der Waals surface area (Å²) < 4.78 is 27.3. The van der Waals surface area contributed by atoms with E-state index in [2.05, 4.69) is 11.6 Å². The topological polar surface area (TPSA) is 49.4 Å². The van der Waals surface area contributed by atoms with Crippen LogP contribution in [-0.4, -0.2) is 38.2 Å². The molecule has 6 heteroatoms. The van der Waals surface area contributed by atoms with Gasteiger partial charge in [0, 0.05) is 25.5 Å². The second-order valence-corrected chi connectivity index (χ2v) is 6.53. The van der Waals surface area contributed by atoms with Gasteiger partial charge in [-0.25, -0.2) is 4.72 Å². The van der Waals surface area contributed by atoms with Gasteiger partial charge in [0.1, 0.15) is 0 Å². The minimum atomic E-state index is -3.31. The van der Waals surface area contributed by atoms with Gasteiger partial charge in [-0.15, -0.1) is 11.6 Å². The zero-order chi connectivity index (χ0) is 12.8. The van der Waals surface area contributed by atoms with Crippen LogP contribution in [-0.2, 0) is 10.2 Å². The van der Waals surface area contributed by atoms with E-state index in [1.807, 2.05) is 13.8 Å². The fourth-order valence-corrected chi connectivity index (χ4v) is 2.42. The van der Waals surface area contributed by atoms with Crippen LogP contribution in [0.2, 0.25) is 0 Å². The Hall–Kier alpha value is 0.160. The van der Waals surface area contributed by atoms with Crippen LogP contribution in [0, 0.1) is 5.92 Å². The molecule has 0 aromatic carbocycles. The lowest BCUT2D eigenvalue weighted by Crippen LogP contribution is -2.42. The van der Waals surface area contributed by atoms with Crippen LogP contribution in [0.15, 0.2) is 0 Å². The summed E-state index contributed by atoms with van der Waals surface area (Å²) in [6, 6.07) is -0.0285. The van der Waals surface area contributed by atoms with Gasteiger partial charge >= 0.3 is 0 Å². The van der Waals surface area contributed by atoms with Crippen molar-refractivity contribution in [2.45, 2.75) is 39.7 Å². The minimum absolute atomic E-state index is 0.0285. The molecule has 0 aliphatic heterocycles. The Morgan fingerprint density at radius 1 is 1.31 bits per heavy atom. The summed E-state index contributed by atoms with van der Waals surface area (Å²) in [7, 11) is -1.74. The van der Waals surface area contributed by atoms with Crippen molar-refractivity contribution in [3.63, 3.8) is 0 Å². The molecule has 0 fully saturated rings. The zero-order valence-corrected chi connectivity index (χ0v) is 12.1. The third-order valence-corrected chi connectivity index (χ3v) is 4.80. The second-order valence-electron chi connectivity index (χ2n) is 4.41. The number of nitrogens with one attached hydrogen (secondary N) is 1. The van der Waals surface area contributed by atoms with E-state index in [1.54, 1.807) is 7.05 Å². The first-order chi connectivity index (χ1) is 7.31. The van der Waals surface area contributed by atoms with Crippen molar-refractivity contribution in [3.05, 3.63) is 0 Å². The van der Waals surface area contributed by atoms with Gasteiger partial charge in [-0.2, -0.15) is 12.7 Å². The van der Waals surface area contributed by atoms with Gasteiger partial charge in [0.2, 0.25) is 0 Å². The molecule has 0 amide bonds. The van der Waals surface area contributed by atoms with E-state index in [9.17, 15) is 8.42 Å². The first-order valence-electron chi connectivity index (χ1n) is 5.59. The molecule has 98 valence electrons. The molecule has 1 N–H and O–H groups in total. The molecular weight excluding hydrogens is 248 g/mol. The summed E-state index contributed by atoms with van der Waals surface area (Å²) in [4.78, 5) is 0. The zero-order valence-electron chi connectivity index (χ0n) is 10.5. The minimum Gasteiger partial charge on any atom is -0.202 e. The van der Waals surface area contributed by atoms with Gasteiger partial charge in [-0.05, 0) is 32.6 Å². The van der Waals surface area contributed by atoms with Crippen LogP contribution < -0.4 is 4.72 Å². The molecule has 0 radical (unpaired) electrons. The van der Waals surface area contributed by atoms with Gasteiger partial charge in [0.05, 0.1) is 0 Å². The predicted octanol–water partition coefficient (Wildman–Crippen LogP) is 1.82. The van der Waals surface area contributed by atoms with E-state index >= 15 is 0 Å². The van der Waals surface area contributed by atoms with Crippen molar-refractivity contribution in [1.29, 1.82) is 0 Å². The van der Waals surface area contributed by atoms with Gasteiger partial charge in [-0.1, -0.05) is 6.92 Å². The first kappa shape index (κ1) is 16.2. The van der Waals surface area contributed by atoms with Crippen LogP contribution in [0.5, 0.6) is 0 Å². The van der Waals surface area contributed by atoms with E-state index in [0.717, 1.165) is 12.8 Å². The van der Waals surface area contributed by atoms with E-state index in [0.29, 0.717) is 18.3 Å². The summed E-state index contributed by atoms with van der Waals surface area (Å²) in [5.41, 5.74) is 0. The maximum absolute atomic E-state index is 11.7. The number of rotatable bonds is 8. The Kier molecular flexibility index (Phi) is 7.55. The van der Waals surface area contributed by atoms with Crippen LogP contribution in [0.4, 0.5) is 0 Å². The molecule has 0 saturated carbocycles. The van der Waals surface area contributed by atoms with Crippen molar-refractivity contribution < 1.29 is 8.42 Å². The van der Waals surface area contributed by atoms with Gasteiger partial charge in [0.15, 0.2) is 0 Å². The van der Waals surface area contributed by atoms with Crippen LogP contribution in [0.1, 0.15) is 33.6 Å². The van der Waals surface area contributed by atoms with Gasteiger partial charge < -0.3 is 0 Å². The van der Waals surface area contributed by atoms with Crippen molar-refractivity contribution in [1.82, 2.24) is 9.03 Å². The van der Waals surface area contributed by atoms with Crippen molar-refractivity contribution in [2.75, 3.05) is 19.5 Å². The fourth-order valence-electron chi connectivity index (χ4n) is 1.11. The molecule has 0 aromatic rings. The Bertz CT molecular complexity index is 281. The highest BCUT2D eigenvalue weighted by molar-refractivity contribution is 7.87. The van der Waals surface area contributed by atoms with Crippen molar-refractivity contribution >= 4 is 21.8 Å². The molecule has 0 rings (SSSR count). The smallest absolute Gasteiger partial charge is 0.202 e. The molecule has 0 spiro atoms. The second kappa shape index (κ2) is 7.48. The number of nitrogens with zero attached hydrogens (tertiary/aromatic N) is 1. The highest BCUT2D eigenvalue weighted by Crippen LogP contribution is 2.07. The molecule has 0 aliphatic carbocycles. The molecule has 0 heterocycles. The van der Waals surface area contributed by atoms with E-state index in [1.165, 1.54) is 4.31 Å².